The summed E-state index contributed by atoms with van der Waals surface area (Å²) >= 11 is 0. The van der Waals surface area contributed by atoms with Crippen LogP contribution in [0.3, 0.4) is 0 Å². The fraction of sp³-hybridized carbons (Fsp3) is 0.462. The van der Waals surface area contributed by atoms with E-state index in [2.05, 4.69) is 5.32 Å². The molecule has 0 radical (unpaired) electrons. The number of rotatable bonds is 4. The number of carboxylic acids is 1. The van der Waals surface area contributed by atoms with Crippen LogP contribution in [0.15, 0.2) is 12.1 Å². The van der Waals surface area contributed by atoms with Crippen molar-refractivity contribution in [1.29, 1.82) is 0 Å². The van der Waals surface area contributed by atoms with Gasteiger partial charge >= 0.3 is 5.97 Å². The quantitative estimate of drug-likeness (QED) is 0.784. The van der Waals surface area contributed by atoms with Crippen LogP contribution in [-0.4, -0.2) is 23.7 Å². The molecule has 1 aliphatic carbocycles. The minimum atomic E-state index is -1.48. The topological polar surface area (TPSA) is 75.3 Å². The molecule has 1 aromatic rings. The van der Waals surface area contributed by atoms with Gasteiger partial charge < -0.3 is 16.2 Å². The molecule has 2 rings (SSSR count). The highest BCUT2D eigenvalue weighted by molar-refractivity contribution is 5.88. The number of carbonyl (C=O) groups is 1. The zero-order valence-corrected chi connectivity index (χ0v) is 10.3. The van der Waals surface area contributed by atoms with Gasteiger partial charge in [0.1, 0.15) is 0 Å². The van der Waals surface area contributed by atoms with Crippen LogP contribution < -0.4 is 11.1 Å². The van der Waals surface area contributed by atoms with Crippen LogP contribution in [0, 0.1) is 17.6 Å². The number of benzene rings is 1. The normalized spacial score (nSPS) is 22.5. The maximum atomic E-state index is 13.8. The average Bonchev–Trinajstić information content (AvgIpc) is 2.82. The molecule has 0 amide bonds. The zero-order valence-electron chi connectivity index (χ0n) is 10.3. The van der Waals surface area contributed by atoms with E-state index in [-0.39, 0.29) is 17.6 Å². The summed E-state index contributed by atoms with van der Waals surface area (Å²) in [6, 6.07) is 2.33. The van der Waals surface area contributed by atoms with Gasteiger partial charge in [0, 0.05) is 6.04 Å². The first-order valence-electron chi connectivity index (χ1n) is 6.22. The third kappa shape index (κ3) is 2.68. The molecule has 0 aliphatic heterocycles. The number of hydrogen-bond acceptors (Lipinski definition) is 3. The third-order valence-electron chi connectivity index (χ3n) is 3.62. The van der Waals surface area contributed by atoms with Crippen LogP contribution >= 0.6 is 0 Å². The van der Waals surface area contributed by atoms with Crippen molar-refractivity contribution in [3.8, 4) is 0 Å². The van der Waals surface area contributed by atoms with Crippen molar-refractivity contribution in [2.75, 3.05) is 11.9 Å². The van der Waals surface area contributed by atoms with E-state index in [9.17, 15) is 13.6 Å². The van der Waals surface area contributed by atoms with Gasteiger partial charge in [-0.2, -0.15) is 0 Å². The largest absolute Gasteiger partial charge is 0.478 e. The molecular formula is C13H16F2N2O2. The fourth-order valence-electron chi connectivity index (χ4n) is 2.53. The van der Waals surface area contributed by atoms with Gasteiger partial charge in [0.2, 0.25) is 0 Å². The lowest BCUT2D eigenvalue weighted by Gasteiger charge is -2.21. The highest BCUT2D eigenvalue weighted by Gasteiger charge is 2.27. The van der Waals surface area contributed by atoms with Gasteiger partial charge in [-0.05, 0) is 37.4 Å². The number of aromatic carboxylic acids is 1. The van der Waals surface area contributed by atoms with E-state index in [0.717, 1.165) is 25.3 Å². The molecule has 4 nitrogen and oxygen atoms in total. The highest BCUT2D eigenvalue weighted by Crippen LogP contribution is 2.29. The van der Waals surface area contributed by atoms with Crippen LogP contribution in [-0.2, 0) is 0 Å². The van der Waals surface area contributed by atoms with E-state index in [1.807, 2.05) is 0 Å². The van der Waals surface area contributed by atoms with Crippen molar-refractivity contribution in [2.24, 2.45) is 11.7 Å². The second kappa shape index (κ2) is 5.52. The molecule has 4 N–H and O–H groups in total. The van der Waals surface area contributed by atoms with E-state index in [1.165, 1.54) is 6.07 Å². The Kier molecular flexibility index (Phi) is 3.99. The zero-order chi connectivity index (χ0) is 14.0. The predicted molar refractivity (Wildman–Crippen MR) is 67.1 cm³/mol. The lowest BCUT2D eigenvalue weighted by molar-refractivity contribution is 0.0690. The first-order chi connectivity index (χ1) is 9.04. The van der Waals surface area contributed by atoms with Crippen molar-refractivity contribution < 1.29 is 18.7 Å². The van der Waals surface area contributed by atoms with Crippen molar-refractivity contribution in [3.05, 3.63) is 29.3 Å². The SMILES string of the molecule is NCC1CCCC1Nc1ccc(C(=O)O)c(F)c1F. The summed E-state index contributed by atoms with van der Waals surface area (Å²) < 4.78 is 27.3. The molecule has 1 aromatic carbocycles. The number of nitrogens with one attached hydrogen (secondary N) is 1. The number of anilines is 1. The van der Waals surface area contributed by atoms with E-state index < -0.39 is 23.2 Å². The third-order valence-corrected chi connectivity index (χ3v) is 3.62. The number of carboxylic acid groups (broad SMARTS) is 1. The maximum absolute atomic E-state index is 13.8. The maximum Gasteiger partial charge on any atom is 0.338 e. The second-order valence-electron chi connectivity index (χ2n) is 4.77. The smallest absolute Gasteiger partial charge is 0.338 e. The van der Waals surface area contributed by atoms with Gasteiger partial charge in [0.05, 0.1) is 11.3 Å². The van der Waals surface area contributed by atoms with Gasteiger partial charge in [0.15, 0.2) is 11.6 Å². The molecular weight excluding hydrogens is 254 g/mol. The van der Waals surface area contributed by atoms with Crippen LogP contribution in [0.4, 0.5) is 14.5 Å². The molecule has 0 bridgehead atoms. The standard InChI is InChI=1S/C13H16F2N2O2/c14-11-8(13(18)19)4-5-10(12(11)15)17-9-3-1-2-7(9)6-16/h4-5,7,9,17H,1-3,6,16H2,(H,18,19). The van der Waals surface area contributed by atoms with Crippen molar-refractivity contribution in [2.45, 2.75) is 25.3 Å². The molecule has 0 spiro atoms. The molecule has 2 atom stereocenters. The Hall–Kier alpha value is -1.69. The van der Waals surface area contributed by atoms with Gasteiger partial charge in [-0.15, -0.1) is 0 Å². The van der Waals surface area contributed by atoms with E-state index in [1.54, 1.807) is 0 Å². The lowest BCUT2D eigenvalue weighted by Crippen LogP contribution is -2.30. The molecule has 19 heavy (non-hydrogen) atoms. The number of nitrogens with two attached hydrogens (primary N) is 1. The number of halogens is 2. The Bertz CT molecular complexity index is 494. The minimum absolute atomic E-state index is 0.00662. The summed E-state index contributed by atoms with van der Waals surface area (Å²) in [6.07, 6.45) is 2.81. The molecule has 104 valence electrons. The van der Waals surface area contributed by atoms with Gasteiger partial charge in [-0.25, -0.2) is 13.6 Å². The molecule has 0 saturated heterocycles. The first-order valence-corrected chi connectivity index (χ1v) is 6.22. The second-order valence-corrected chi connectivity index (χ2v) is 4.77. The highest BCUT2D eigenvalue weighted by atomic mass is 19.2. The Morgan fingerprint density at radius 1 is 1.37 bits per heavy atom. The predicted octanol–water partition coefficient (Wildman–Crippen LogP) is 2.20. The molecule has 0 aromatic heterocycles. The Morgan fingerprint density at radius 2 is 2.11 bits per heavy atom. The Labute approximate surface area is 109 Å². The summed E-state index contributed by atoms with van der Waals surface area (Å²) in [7, 11) is 0. The van der Waals surface area contributed by atoms with Gasteiger partial charge in [0.25, 0.3) is 0 Å². The van der Waals surface area contributed by atoms with E-state index >= 15 is 0 Å². The summed E-state index contributed by atoms with van der Waals surface area (Å²) in [6.45, 7) is 0.495. The van der Waals surface area contributed by atoms with E-state index in [4.69, 9.17) is 10.8 Å². The van der Waals surface area contributed by atoms with Gasteiger partial charge in [-0.3, -0.25) is 0 Å². The fourth-order valence-corrected chi connectivity index (χ4v) is 2.53. The molecule has 6 heteroatoms. The molecule has 0 heterocycles. The van der Waals surface area contributed by atoms with Crippen molar-refractivity contribution in [3.63, 3.8) is 0 Å². The van der Waals surface area contributed by atoms with Gasteiger partial charge in [-0.1, -0.05) is 6.42 Å². The van der Waals surface area contributed by atoms with Crippen LogP contribution in [0.5, 0.6) is 0 Å². The molecule has 1 fully saturated rings. The number of hydrogen-bond donors (Lipinski definition) is 3. The average molecular weight is 270 g/mol. The van der Waals surface area contributed by atoms with E-state index in [0.29, 0.717) is 6.54 Å². The lowest BCUT2D eigenvalue weighted by atomic mass is 10.0. The minimum Gasteiger partial charge on any atom is -0.478 e. The summed E-state index contributed by atoms with van der Waals surface area (Å²) in [5.41, 5.74) is 4.96. The molecule has 1 aliphatic rings. The summed E-state index contributed by atoms with van der Waals surface area (Å²) in [4.78, 5) is 10.7. The Balaban J connectivity index is 2.22. The molecule has 2 unspecified atom stereocenters. The van der Waals surface area contributed by atoms with Crippen molar-refractivity contribution >= 4 is 11.7 Å². The molecule has 1 saturated carbocycles. The van der Waals surface area contributed by atoms with Crippen LogP contribution in [0.25, 0.3) is 0 Å². The first kappa shape index (κ1) is 13.7. The van der Waals surface area contributed by atoms with Crippen LogP contribution in [0.2, 0.25) is 0 Å². The van der Waals surface area contributed by atoms with Crippen LogP contribution in [0.1, 0.15) is 29.6 Å². The van der Waals surface area contributed by atoms with Crippen molar-refractivity contribution in [1.82, 2.24) is 0 Å². The summed E-state index contributed by atoms with van der Waals surface area (Å²) in [5, 5.41) is 11.6. The Morgan fingerprint density at radius 3 is 2.74 bits per heavy atom. The summed E-state index contributed by atoms with van der Waals surface area (Å²) in [5.74, 6) is -3.73. The monoisotopic (exact) mass is 270 g/mol.